The third-order valence-electron chi connectivity index (χ3n) is 2.52. The number of carbonyl (C=O) groups is 1. The van der Waals surface area contributed by atoms with Crippen LogP contribution >= 0.6 is 0 Å². The Kier molecular flexibility index (Phi) is 5.08. The molecule has 106 valence electrons. The maximum atomic E-state index is 11.8. The lowest BCUT2D eigenvalue weighted by Crippen LogP contribution is -2.32. The van der Waals surface area contributed by atoms with E-state index in [1.807, 2.05) is 0 Å². The van der Waals surface area contributed by atoms with Crippen molar-refractivity contribution >= 4 is 16.1 Å². The summed E-state index contributed by atoms with van der Waals surface area (Å²) in [5.41, 5.74) is -0.364. The largest absolute Gasteiger partial charge is 0.469 e. The molecule has 0 radical (unpaired) electrons. The lowest BCUT2D eigenvalue weighted by atomic mass is 9.95. The minimum absolute atomic E-state index is 0.217. The quantitative estimate of drug-likeness (QED) is 0.588. The predicted molar refractivity (Wildman–Crippen MR) is 70.8 cm³/mol. The molecule has 0 aliphatic heterocycles. The fourth-order valence-electron chi connectivity index (χ4n) is 1.39. The van der Waals surface area contributed by atoms with E-state index in [9.17, 15) is 13.2 Å². The van der Waals surface area contributed by atoms with Crippen molar-refractivity contribution in [3.8, 4) is 0 Å². The summed E-state index contributed by atoms with van der Waals surface area (Å²) in [6.07, 6.45) is 0. The summed E-state index contributed by atoms with van der Waals surface area (Å²) in [4.78, 5) is 11.4. The molecule has 0 unspecified atom stereocenters. The fraction of sp³-hybridized carbons (Fsp3) is 0.462. The molecule has 1 aromatic carbocycles. The Bertz CT molecular complexity index is 519. The first-order valence-electron chi connectivity index (χ1n) is 5.76. The maximum absolute atomic E-state index is 11.8. The van der Waals surface area contributed by atoms with Crippen molar-refractivity contribution in [2.75, 3.05) is 13.7 Å². The van der Waals surface area contributed by atoms with Crippen molar-refractivity contribution in [3.05, 3.63) is 35.9 Å². The minimum Gasteiger partial charge on any atom is -0.469 e. The van der Waals surface area contributed by atoms with Crippen LogP contribution in [0.25, 0.3) is 0 Å². The summed E-state index contributed by atoms with van der Waals surface area (Å²) in [5, 5.41) is 0. The van der Waals surface area contributed by atoms with E-state index in [1.54, 1.807) is 44.2 Å². The summed E-state index contributed by atoms with van der Waals surface area (Å²) in [6, 6.07) is 8.71. The van der Waals surface area contributed by atoms with Crippen LogP contribution in [0.3, 0.4) is 0 Å². The van der Waals surface area contributed by atoms with Crippen molar-refractivity contribution < 1.29 is 22.1 Å². The topological polar surface area (TPSA) is 69.7 Å². The van der Waals surface area contributed by atoms with Gasteiger partial charge in [-0.3, -0.25) is 8.98 Å². The number of hydrogen-bond acceptors (Lipinski definition) is 5. The zero-order chi connectivity index (χ0) is 14.5. The third kappa shape index (κ3) is 5.00. The van der Waals surface area contributed by atoms with Gasteiger partial charge in [0, 0.05) is 0 Å². The Morgan fingerprint density at radius 3 is 2.32 bits per heavy atom. The second-order valence-corrected chi connectivity index (χ2v) is 6.46. The van der Waals surface area contributed by atoms with Gasteiger partial charge in [0.25, 0.3) is 10.1 Å². The molecule has 1 rings (SSSR count). The van der Waals surface area contributed by atoms with Gasteiger partial charge in [-0.2, -0.15) is 8.42 Å². The summed E-state index contributed by atoms with van der Waals surface area (Å²) >= 11 is 0. The van der Waals surface area contributed by atoms with Crippen LogP contribution < -0.4 is 0 Å². The van der Waals surface area contributed by atoms with Gasteiger partial charge in [-0.15, -0.1) is 0 Å². The number of methoxy groups -OCH3 is 1. The molecule has 0 heterocycles. The second-order valence-electron chi connectivity index (χ2n) is 4.83. The van der Waals surface area contributed by atoms with Crippen LogP contribution in [0.15, 0.2) is 30.3 Å². The monoisotopic (exact) mass is 286 g/mol. The molecule has 0 bridgehead atoms. The van der Waals surface area contributed by atoms with Crippen molar-refractivity contribution in [1.82, 2.24) is 0 Å². The molecule has 0 aliphatic carbocycles. The van der Waals surface area contributed by atoms with E-state index < -0.39 is 21.5 Å². The van der Waals surface area contributed by atoms with Crippen LogP contribution in [-0.4, -0.2) is 28.1 Å². The minimum atomic E-state index is -3.72. The van der Waals surface area contributed by atoms with E-state index in [-0.39, 0.29) is 12.4 Å². The highest BCUT2D eigenvalue weighted by molar-refractivity contribution is 7.85. The van der Waals surface area contributed by atoms with Gasteiger partial charge in [0.05, 0.1) is 19.1 Å². The normalized spacial score (nSPS) is 12.2. The molecular weight excluding hydrogens is 268 g/mol. The van der Waals surface area contributed by atoms with E-state index in [2.05, 4.69) is 4.74 Å². The van der Waals surface area contributed by atoms with Gasteiger partial charge in [-0.1, -0.05) is 30.3 Å². The maximum Gasteiger partial charge on any atom is 0.313 e. The van der Waals surface area contributed by atoms with Gasteiger partial charge >= 0.3 is 5.97 Å². The molecule has 0 atom stereocenters. The summed E-state index contributed by atoms with van der Waals surface area (Å²) in [7, 11) is -2.46. The smallest absolute Gasteiger partial charge is 0.313 e. The molecule has 5 nitrogen and oxygen atoms in total. The molecule has 0 saturated heterocycles. The Hall–Kier alpha value is -1.40. The fourth-order valence-corrected chi connectivity index (χ4v) is 2.55. The summed E-state index contributed by atoms with van der Waals surface area (Å²) in [6.45, 7) is 2.89. The molecule has 0 aromatic heterocycles. The number of rotatable bonds is 6. The van der Waals surface area contributed by atoms with Crippen molar-refractivity contribution in [2.45, 2.75) is 19.6 Å². The highest BCUT2D eigenvalue weighted by atomic mass is 32.2. The van der Waals surface area contributed by atoms with Crippen molar-refractivity contribution in [2.24, 2.45) is 5.41 Å². The van der Waals surface area contributed by atoms with Crippen molar-refractivity contribution in [3.63, 3.8) is 0 Å². The zero-order valence-corrected chi connectivity index (χ0v) is 12.1. The standard InChI is InChI=1S/C13H18O5S/c1-13(2,12(14)17-3)10-18-19(15,16)9-11-7-5-4-6-8-11/h4-8H,9-10H2,1-3H3. The molecule has 0 spiro atoms. The zero-order valence-electron chi connectivity index (χ0n) is 11.3. The molecule has 6 heteroatoms. The van der Waals surface area contributed by atoms with E-state index >= 15 is 0 Å². The van der Waals surface area contributed by atoms with Crippen LogP contribution in [0.4, 0.5) is 0 Å². The number of hydrogen-bond donors (Lipinski definition) is 0. The van der Waals surface area contributed by atoms with E-state index in [4.69, 9.17) is 4.18 Å². The SMILES string of the molecule is COC(=O)C(C)(C)COS(=O)(=O)Cc1ccccc1. The molecule has 19 heavy (non-hydrogen) atoms. The van der Waals surface area contributed by atoms with Crippen LogP contribution in [0, 0.1) is 5.41 Å². The van der Waals surface area contributed by atoms with Gasteiger partial charge in [0.2, 0.25) is 0 Å². The highest BCUT2D eigenvalue weighted by Gasteiger charge is 2.31. The molecule has 0 aliphatic rings. The van der Waals surface area contributed by atoms with E-state index in [1.165, 1.54) is 7.11 Å². The average molecular weight is 286 g/mol. The van der Waals surface area contributed by atoms with Gasteiger partial charge in [-0.05, 0) is 19.4 Å². The molecule has 0 fully saturated rings. The average Bonchev–Trinajstić information content (AvgIpc) is 2.36. The highest BCUT2D eigenvalue weighted by Crippen LogP contribution is 2.19. The number of esters is 1. The Labute approximate surface area is 113 Å². The second kappa shape index (κ2) is 6.16. The van der Waals surface area contributed by atoms with Gasteiger partial charge < -0.3 is 4.74 Å². The van der Waals surface area contributed by atoms with Gasteiger partial charge in [0.1, 0.15) is 5.75 Å². The molecule has 0 saturated carbocycles. The Balaban J connectivity index is 2.64. The third-order valence-corrected chi connectivity index (χ3v) is 3.69. The van der Waals surface area contributed by atoms with Gasteiger partial charge in [-0.25, -0.2) is 0 Å². The molecular formula is C13H18O5S. The summed E-state index contributed by atoms with van der Waals surface area (Å²) in [5.74, 6) is -0.729. The van der Waals surface area contributed by atoms with Gasteiger partial charge in [0.15, 0.2) is 0 Å². The molecule has 0 N–H and O–H groups in total. The first-order valence-corrected chi connectivity index (χ1v) is 7.34. The van der Waals surface area contributed by atoms with Crippen LogP contribution in [0.1, 0.15) is 19.4 Å². The van der Waals surface area contributed by atoms with Crippen molar-refractivity contribution in [1.29, 1.82) is 0 Å². The first-order chi connectivity index (χ1) is 8.77. The lowest BCUT2D eigenvalue weighted by Gasteiger charge is -2.20. The van der Waals surface area contributed by atoms with Crippen LogP contribution in [0.2, 0.25) is 0 Å². The predicted octanol–water partition coefficient (Wildman–Crippen LogP) is 1.73. The number of ether oxygens (including phenoxy) is 1. The molecule has 0 amide bonds. The Morgan fingerprint density at radius 1 is 1.21 bits per heavy atom. The number of carbonyl (C=O) groups excluding carboxylic acids is 1. The first kappa shape index (κ1) is 15.7. The molecule has 1 aromatic rings. The number of benzene rings is 1. The summed E-state index contributed by atoms with van der Waals surface area (Å²) < 4.78 is 33.0. The lowest BCUT2D eigenvalue weighted by molar-refractivity contribution is -0.152. The van der Waals surface area contributed by atoms with Crippen LogP contribution in [0.5, 0.6) is 0 Å². The Morgan fingerprint density at radius 2 is 1.79 bits per heavy atom. The van der Waals surface area contributed by atoms with E-state index in [0.717, 1.165) is 0 Å². The van der Waals surface area contributed by atoms with E-state index in [0.29, 0.717) is 5.56 Å². The van der Waals surface area contributed by atoms with Crippen LogP contribution in [-0.2, 0) is 29.6 Å².